The van der Waals surface area contributed by atoms with Crippen LogP contribution in [0.25, 0.3) is 0 Å². The molecular weight excluding hydrogens is 210 g/mol. The van der Waals surface area contributed by atoms with E-state index in [0.717, 1.165) is 24.3 Å². The van der Waals surface area contributed by atoms with Crippen molar-refractivity contribution in [3.05, 3.63) is 0 Å². The van der Waals surface area contributed by atoms with Crippen molar-refractivity contribution in [2.45, 2.75) is 65.0 Å². The first-order valence-corrected chi connectivity index (χ1v) is 7.33. The summed E-state index contributed by atoms with van der Waals surface area (Å²) in [5.41, 5.74) is 0.264. The van der Waals surface area contributed by atoms with Crippen molar-refractivity contribution in [1.82, 2.24) is 4.90 Å². The van der Waals surface area contributed by atoms with Gasteiger partial charge in [0.25, 0.3) is 0 Å². The van der Waals surface area contributed by atoms with E-state index >= 15 is 0 Å². The van der Waals surface area contributed by atoms with E-state index in [4.69, 9.17) is 0 Å². The van der Waals surface area contributed by atoms with Gasteiger partial charge in [-0.2, -0.15) is 0 Å². The summed E-state index contributed by atoms with van der Waals surface area (Å²) in [5.74, 6) is 2.57. The highest BCUT2D eigenvalue weighted by Gasteiger charge is 2.46. The summed E-state index contributed by atoms with van der Waals surface area (Å²) in [7, 11) is 0. The van der Waals surface area contributed by atoms with Crippen LogP contribution in [0.3, 0.4) is 0 Å². The van der Waals surface area contributed by atoms with Crippen molar-refractivity contribution in [3.63, 3.8) is 0 Å². The van der Waals surface area contributed by atoms with Crippen molar-refractivity contribution < 1.29 is 5.11 Å². The summed E-state index contributed by atoms with van der Waals surface area (Å²) in [6.45, 7) is 10.7. The van der Waals surface area contributed by atoms with Crippen molar-refractivity contribution in [3.8, 4) is 0 Å². The Hall–Kier alpha value is -0.0800. The second-order valence-electron chi connectivity index (χ2n) is 7.06. The molecule has 0 spiro atoms. The van der Waals surface area contributed by atoms with Crippen LogP contribution in [0, 0.1) is 17.8 Å². The van der Waals surface area contributed by atoms with Gasteiger partial charge in [-0.25, -0.2) is 0 Å². The third-order valence-corrected chi connectivity index (χ3v) is 5.20. The van der Waals surface area contributed by atoms with Crippen LogP contribution in [-0.4, -0.2) is 34.7 Å². The lowest BCUT2D eigenvalue weighted by molar-refractivity contribution is -0.0728. The van der Waals surface area contributed by atoms with Gasteiger partial charge in [0, 0.05) is 18.1 Å². The molecule has 0 bridgehead atoms. The fraction of sp³-hybridized carbons (Fsp3) is 1.00. The maximum absolute atomic E-state index is 9.33. The third-order valence-electron chi connectivity index (χ3n) is 5.20. The number of rotatable bonds is 2. The molecule has 1 saturated carbocycles. The fourth-order valence-electron chi connectivity index (χ4n) is 4.48. The number of aliphatic hydroxyl groups is 1. The number of nitrogens with zero attached hydrogens (tertiary/aromatic N) is 1. The molecule has 2 fully saturated rings. The van der Waals surface area contributed by atoms with Gasteiger partial charge in [-0.3, -0.25) is 4.90 Å². The van der Waals surface area contributed by atoms with Gasteiger partial charge in [-0.15, -0.1) is 0 Å². The standard InChI is InChI=1S/C15H29NO/c1-11-5-6-13-12(2)10-15(3,4)16(7-8-17)14(13)9-11/h11-14,17H,5-10H2,1-4H3. The minimum atomic E-state index is 0.264. The van der Waals surface area contributed by atoms with E-state index in [1.165, 1.54) is 25.7 Å². The van der Waals surface area contributed by atoms with E-state index in [9.17, 15) is 5.11 Å². The number of piperidine rings is 1. The summed E-state index contributed by atoms with van der Waals surface area (Å²) >= 11 is 0. The van der Waals surface area contributed by atoms with Crippen LogP contribution >= 0.6 is 0 Å². The number of likely N-dealkylation sites (tertiary alicyclic amines) is 1. The maximum atomic E-state index is 9.33. The number of β-amino-alcohol motifs (C(OH)–C–C–N with tert-alkyl or cyclic N) is 1. The van der Waals surface area contributed by atoms with E-state index < -0.39 is 0 Å². The molecule has 1 N–H and O–H groups in total. The molecule has 0 aromatic rings. The maximum Gasteiger partial charge on any atom is 0.0558 e. The van der Waals surface area contributed by atoms with Crippen molar-refractivity contribution in [2.75, 3.05) is 13.2 Å². The Morgan fingerprint density at radius 2 is 1.94 bits per heavy atom. The first-order chi connectivity index (χ1) is 7.95. The van der Waals surface area contributed by atoms with Crippen molar-refractivity contribution >= 4 is 0 Å². The Balaban J connectivity index is 2.20. The number of hydrogen-bond acceptors (Lipinski definition) is 2. The molecule has 1 heterocycles. The topological polar surface area (TPSA) is 23.5 Å². The van der Waals surface area contributed by atoms with Crippen LogP contribution in [-0.2, 0) is 0 Å². The molecule has 1 saturated heterocycles. The van der Waals surface area contributed by atoms with Gasteiger partial charge in [0.2, 0.25) is 0 Å². The molecule has 2 rings (SSSR count). The minimum absolute atomic E-state index is 0.264. The number of fused-ring (bicyclic) bond motifs is 1. The predicted octanol–water partition coefficient (Wildman–Crippen LogP) is 2.90. The molecule has 1 aliphatic heterocycles. The first kappa shape index (κ1) is 13.4. The largest absolute Gasteiger partial charge is 0.395 e. The molecule has 2 heteroatoms. The summed E-state index contributed by atoms with van der Waals surface area (Å²) < 4.78 is 0. The number of aliphatic hydroxyl groups excluding tert-OH is 1. The molecule has 17 heavy (non-hydrogen) atoms. The molecule has 0 aromatic carbocycles. The fourth-order valence-corrected chi connectivity index (χ4v) is 4.48. The van der Waals surface area contributed by atoms with Crippen LogP contribution in [0.4, 0.5) is 0 Å². The van der Waals surface area contributed by atoms with Crippen LogP contribution < -0.4 is 0 Å². The smallest absolute Gasteiger partial charge is 0.0558 e. The molecular formula is C15H29NO. The van der Waals surface area contributed by atoms with Gasteiger partial charge in [-0.1, -0.05) is 20.3 Å². The van der Waals surface area contributed by atoms with Gasteiger partial charge in [0.15, 0.2) is 0 Å². The Morgan fingerprint density at radius 3 is 2.59 bits per heavy atom. The Kier molecular flexibility index (Phi) is 3.84. The lowest BCUT2D eigenvalue weighted by atomic mass is 9.65. The zero-order valence-corrected chi connectivity index (χ0v) is 11.9. The van der Waals surface area contributed by atoms with Gasteiger partial charge < -0.3 is 5.11 Å². The lowest BCUT2D eigenvalue weighted by Crippen LogP contribution is -2.61. The lowest BCUT2D eigenvalue weighted by Gasteiger charge is -2.56. The summed E-state index contributed by atoms with van der Waals surface area (Å²) in [6, 6.07) is 0.713. The second kappa shape index (κ2) is 4.89. The molecule has 0 aromatic heterocycles. The Bertz CT molecular complexity index is 264. The molecule has 100 valence electrons. The highest BCUT2D eigenvalue weighted by atomic mass is 16.3. The van der Waals surface area contributed by atoms with Crippen LogP contribution in [0.2, 0.25) is 0 Å². The zero-order valence-electron chi connectivity index (χ0n) is 11.9. The highest BCUT2D eigenvalue weighted by molar-refractivity contribution is 5.00. The van der Waals surface area contributed by atoms with E-state index in [0.29, 0.717) is 12.6 Å². The Labute approximate surface area is 106 Å². The summed E-state index contributed by atoms with van der Waals surface area (Å²) in [6.07, 6.45) is 5.41. The predicted molar refractivity (Wildman–Crippen MR) is 71.9 cm³/mol. The average molecular weight is 239 g/mol. The molecule has 0 radical (unpaired) electrons. The van der Waals surface area contributed by atoms with Crippen LogP contribution in [0.1, 0.15) is 53.4 Å². The second-order valence-corrected chi connectivity index (χ2v) is 7.06. The molecule has 2 aliphatic rings. The van der Waals surface area contributed by atoms with Gasteiger partial charge >= 0.3 is 0 Å². The normalized spacial score (nSPS) is 42.2. The average Bonchev–Trinajstić information content (AvgIpc) is 2.23. The third kappa shape index (κ3) is 2.53. The van der Waals surface area contributed by atoms with E-state index in [-0.39, 0.29) is 5.54 Å². The first-order valence-electron chi connectivity index (χ1n) is 7.33. The van der Waals surface area contributed by atoms with Crippen molar-refractivity contribution in [2.24, 2.45) is 17.8 Å². The van der Waals surface area contributed by atoms with E-state index in [2.05, 4.69) is 32.6 Å². The molecule has 4 unspecified atom stereocenters. The number of hydrogen-bond donors (Lipinski definition) is 1. The molecule has 1 aliphatic carbocycles. The molecule has 0 amide bonds. The molecule has 4 atom stereocenters. The monoisotopic (exact) mass is 239 g/mol. The van der Waals surface area contributed by atoms with Crippen LogP contribution in [0.15, 0.2) is 0 Å². The van der Waals surface area contributed by atoms with Gasteiger partial charge in [0.1, 0.15) is 0 Å². The van der Waals surface area contributed by atoms with Crippen LogP contribution in [0.5, 0.6) is 0 Å². The minimum Gasteiger partial charge on any atom is -0.395 e. The summed E-state index contributed by atoms with van der Waals surface area (Å²) in [4.78, 5) is 2.60. The SMILES string of the molecule is CC1CCC2C(C)CC(C)(C)N(CCO)C2C1. The highest BCUT2D eigenvalue weighted by Crippen LogP contribution is 2.46. The van der Waals surface area contributed by atoms with E-state index in [1.807, 2.05) is 0 Å². The Morgan fingerprint density at radius 1 is 1.24 bits per heavy atom. The summed E-state index contributed by atoms with van der Waals surface area (Å²) in [5, 5.41) is 9.33. The van der Waals surface area contributed by atoms with Crippen molar-refractivity contribution in [1.29, 1.82) is 0 Å². The van der Waals surface area contributed by atoms with E-state index in [1.54, 1.807) is 0 Å². The quantitative estimate of drug-likeness (QED) is 0.801. The van der Waals surface area contributed by atoms with Gasteiger partial charge in [0.05, 0.1) is 6.61 Å². The van der Waals surface area contributed by atoms with Gasteiger partial charge in [-0.05, 0) is 50.9 Å². The molecule has 2 nitrogen and oxygen atoms in total. The zero-order chi connectivity index (χ0) is 12.6.